The highest BCUT2D eigenvalue weighted by atomic mass is 79.9. The molecule has 0 aliphatic rings. The van der Waals surface area contributed by atoms with E-state index in [1.165, 1.54) is 17.8 Å². The zero-order valence-electron chi connectivity index (χ0n) is 11.4. The Morgan fingerprint density at radius 3 is 2.70 bits per heavy atom. The highest BCUT2D eigenvalue weighted by Gasteiger charge is 2.14. The molecule has 0 fully saturated rings. The van der Waals surface area contributed by atoms with Crippen LogP contribution in [0.4, 0.5) is 4.39 Å². The van der Waals surface area contributed by atoms with Crippen molar-refractivity contribution in [2.45, 2.75) is 25.8 Å². The van der Waals surface area contributed by atoms with Gasteiger partial charge in [-0.1, -0.05) is 41.1 Å². The fraction of sp³-hybridized carbons (Fsp3) is 0.312. The van der Waals surface area contributed by atoms with Crippen LogP contribution in [-0.2, 0) is 6.42 Å². The first-order chi connectivity index (χ1) is 9.70. The summed E-state index contributed by atoms with van der Waals surface area (Å²) in [5.41, 5.74) is 2.09. The van der Waals surface area contributed by atoms with Crippen molar-refractivity contribution in [1.29, 1.82) is 0 Å². The van der Waals surface area contributed by atoms with Gasteiger partial charge < -0.3 is 5.32 Å². The maximum atomic E-state index is 13.0. The van der Waals surface area contributed by atoms with Crippen molar-refractivity contribution in [2.24, 2.45) is 0 Å². The van der Waals surface area contributed by atoms with E-state index in [2.05, 4.69) is 39.2 Å². The zero-order chi connectivity index (χ0) is 14.4. The van der Waals surface area contributed by atoms with E-state index >= 15 is 0 Å². The standard InChI is InChI=1S/C16H18BrFN2/c1-2-9-19-16(15-8-7-13(18)11-20-15)10-12-5-3-4-6-14(12)17/h3-8,11,16,19H,2,9-10H2,1H3. The number of pyridine rings is 1. The van der Waals surface area contributed by atoms with Crippen LogP contribution in [0, 0.1) is 5.82 Å². The number of rotatable bonds is 6. The molecular weight excluding hydrogens is 319 g/mol. The summed E-state index contributed by atoms with van der Waals surface area (Å²) in [5, 5.41) is 3.48. The molecule has 0 amide bonds. The van der Waals surface area contributed by atoms with Gasteiger partial charge in [0, 0.05) is 4.47 Å². The van der Waals surface area contributed by atoms with E-state index in [-0.39, 0.29) is 11.9 Å². The van der Waals surface area contributed by atoms with Crippen LogP contribution in [0.5, 0.6) is 0 Å². The van der Waals surface area contributed by atoms with Gasteiger partial charge in [0.15, 0.2) is 0 Å². The Bertz CT molecular complexity index is 542. The van der Waals surface area contributed by atoms with Gasteiger partial charge in [0.2, 0.25) is 0 Å². The maximum absolute atomic E-state index is 13.0. The van der Waals surface area contributed by atoms with Crippen molar-refractivity contribution in [1.82, 2.24) is 10.3 Å². The molecule has 2 rings (SSSR count). The van der Waals surface area contributed by atoms with Gasteiger partial charge in [-0.15, -0.1) is 0 Å². The minimum atomic E-state index is -0.302. The van der Waals surface area contributed by atoms with Gasteiger partial charge in [-0.2, -0.15) is 0 Å². The Kier molecular flexibility index (Phi) is 5.68. The van der Waals surface area contributed by atoms with Crippen LogP contribution in [0.25, 0.3) is 0 Å². The summed E-state index contributed by atoms with van der Waals surface area (Å²) in [4.78, 5) is 4.20. The van der Waals surface area contributed by atoms with E-state index in [0.29, 0.717) is 0 Å². The summed E-state index contributed by atoms with van der Waals surface area (Å²) in [6, 6.07) is 11.4. The predicted octanol–water partition coefficient (Wildman–Crippen LogP) is 4.27. The molecule has 1 aromatic heterocycles. The molecule has 0 aliphatic heterocycles. The van der Waals surface area contributed by atoms with Crippen molar-refractivity contribution in [3.8, 4) is 0 Å². The SMILES string of the molecule is CCCNC(Cc1ccccc1Br)c1ccc(F)cn1. The lowest BCUT2D eigenvalue weighted by Gasteiger charge is -2.19. The topological polar surface area (TPSA) is 24.9 Å². The van der Waals surface area contributed by atoms with E-state index in [4.69, 9.17) is 0 Å². The first kappa shape index (κ1) is 15.1. The summed E-state index contributed by atoms with van der Waals surface area (Å²) in [7, 11) is 0. The quantitative estimate of drug-likeness (QED) is 0.852. The lowest BCUT2D eigenvalue weighted by atomic mass is 10.0. The highest BCUT2D eigenvalue weighted by molar-refractivity contribution is 9.10. The van der Waals surface area contributed by atoms with Crippen LogP contribution >= 0.6 is 15.9 Å². The van der Waals surface area contributed by atoms with E-state index < -0.39 is 0 Å². The van der Waals surface area contributed by atoms with Gasteiger partial charge in [-0.3, -0.25) is 4.98 Å². The summed E-state index contributed by atoms with van der Waals surface area (Å²) in [5.74, 6) is -0.302. The Morgan fingerprint density at radius 2 is 2.05 bits per heavy atom. The summed E-state index contributed by atoms with van der Waals surface area (Å²) >= 11 is 3.57. The van der Waals surface area contributed by atoms with Crippen LogP contribution in [0.3, 0.4) is 0 Å². The van der Waals surface area contributed by atoms with Gasteiger partial charge in [0.25, 0.3) is 0 Å². The largest absolute Gasteiger partial charge is 0.308 e. The molecule has 0 spiro atoms. The van der Waals surface area contributed by atoms with Crippen molar-refractivity contribution < 1.29 is 4.39 Å². The molecule has 1 aromatic carbocycles. The lowest BCUT2D eigenvalue weighted by molar-refractivity contribution is 0.513. The summed E-state index contributed by atoms with van der Waals surface area (Å²) in [6.07, 6.45) is 3.14. The van der Waals surface area contributed by atoms with Crippen molar-refractivity contribution >= 4 is 15.9 Å². The van der Waals surface area contributed by atoms with Gasteiger partial charge in [0.1, 0.15) is 5.82 Å². The third-order valence-corrected chi connectivity index (χ3v) is 3.90. The van der Waals surface area contributed by atoms with E-state index in [1.807, 2.05) is 18.2 Å². The molecule has 0 bridgehead atoms. The van der Waals surface area contributed by atoms with Crippen molar-refractivity contribution in [2.75, 3.05) is 6.54 Å². The Hall–Kier alpha value is -1.26. The number of aromatic nitrogens is 1. The zero-order valence-corrected chi connectivity index (χ0v) is 13.0. The summed E-state index contributed by atoms with van der Waals surface area (Å²) < 4.78 is 14.1. The second-order valence-corrected chi connectivity index (χ2v) is 5.56. The Morgan fingerprint density at radius 1 is 1.25 bits per heavy atom. The molecule has 0 aliphatic carbocycles. The molecule has 2 aromatic rings. The Balaban J connectivity index is 2.19. The van der Waals surface area contributed by atoms with Gasteiger partial charge in [-0.25, -0.2) is 4.39 Å². The molecule has 106 valence electrons. The molecule has 1 unspecified atom stereocenters. The minimum absolute atomic E-state index is 0.0919. The highest BCUT2D eigenvalue weighted by Crippen LogP contribution is 2.23. The molecule has 4 heteroatoms. The number of nitrogens with one attached hydrogen (secondary N) is 1. The molecule has 1 heterocycles. The molecule has 0 radical (unpaired) electrons. The fourth-order valence-electron chi connectivity index (χ4n) is 2.08. The van der Waals surface area contributed by atoms with Crippen LogP contribution in [0.2, 0.25) is 0 Å². The second-order valence-electron chi connectivity index (χ2n) is 4.70. The van der Waals surface area contributed by atoms with Gasteiger partial charge in [0.05, 0.1) is 17.9 Å². The van der Waals surface area contributed by atoms with E-state index in [9.17, 15) is 4.39 Å². The average Bonchev–Trinajstić information content (AvgIpc) is 2.46. The van der Waals surface area contributed by atoms with Crippen molar-refractivity contribution in [3.63, 3.8) is 0 Å². The molecule has 1 N–H and O–H groups in total. The van der Waals surface area contributed by atoms with Gasteiger partial charge >= 0.3 is 0 Å². The molecule has 0 saturated heterocycles. The summed E-state index contributed by atoms with van der Waals surface area (Å²) in [6.45, 7) is 3.04. The maximum Gasteiger partial charge on any atom is 0.141 e. The van der Waals surface area contributed by atoms with E-state index in [0.717, 1.165) is 29.6 Å². The fourth-order valence-corrected chi connectivity index (χ4v) is 2.52. The molecule has 1 atom stereocenters. The molecular formula is C16H18BrFN2. The molecule has 20 heavy (non-hydrogen) atoms. The average molecular weight is 337 g/mol. The third kappa shape index (κ3) is 4.12. The monoisotopic (exact) mass is 336 g/mol. The van der Waals surface area contributed by atoms with Crippen LogP contribution in [-0.4, -0.2) is 11.5 Å². The van der Waals surface area contributed by atoms with Crippen molar-refractivity contribution in [3.05, 3.63) is 64.1 Å². The normalized spacial score (nSPS) is 12.3. The number of hydrogen-bond donors (Lipinski definition) is 1. The number of benzene rings is 1. The number of nitrogens with zero attached hydrogens (tertiary/aromatic N) is 1. The lowest BCUT2D eigenvalue weighted by Crippen LogP contribution is -2.25. The van der Waals surface area contributed by atoms with Crippen LogP contribution in [0.1, 0.15) is 30.6 Å². The van der Waals surface area contributed by atoms with E-state index in [1.54, 1.807) is 6.07 Å². The smallest absolute Gasteiger partial charge is 0.141 e. The third-order valence-electron chi connectivity index (χ3n) is 3.13. The van der Waals surface area contributed by atoms with Crippen LogP contribution < -0.4 is 5.32 Å². The second kappa shape index (κ2) is 7.50. The Labute approximate surface area is 127 Å². The van der Waals surface area contributed by atoms with Crippen LogP contribution in [0.15, 0.2) is 47.1 Å². The first-order valence-electron chi connectivity index (χ1n) is 6.79. The predicted molar refractivity (Wildman–Crippen MR) is 83.1 cm³/mol. The number of hydrogen-bond acceptors (Lipinski definition) is 2. The van der Waals surface area contributed by atoms with Gasteiger partial charge in [-0.05, 0) is 43.1 Å². The first-order valence-corrected chi connectivity index (χ1v) is 7.58. The number of halogens is 2. The molecule has 2 nitrogen and oxygen atoms in total. The minimum Gasteiger partial charge on any atom is -0.308 e. The molecule has 0 saturated carbocycles.